The summed E-state index contributed by atoms with van der Waals surface area (Å²) in [6.07, 6.45) is 4.67. The summed E-state index contributed by atoms with van der Waals surface area (Å²) >= 11 is 0. The average Bonchev–Trinajstić information content (AvgIpc) is 3.22. The van der Waals surface area contributed by atoms with Crippen LogP contribution in [0.4, 0.5) is 5.82 Å². The van der Waals surface area contributed by atoms with Gasteiger partial charge in [0, 0.05) is 24.6 Å². The number of hydrogen-bond donors (Lipinski definition) is 2. The summed E-state index contributed by atoms with van der Waals surface area (Å²) in [4.78, 5) is 21.5. The molecule has 5 heteroatoms. The molecule has 3 rings (SSSR count). The molecule has 1 aliphatic carbocycles. The number of rotatable bonds is 4. The van der Waals surface area contributed by atoms with E-state index in [1.165, 1.54) is 13.0 Å². The maximum Gasteiger partial charge on any atom is 0.252 e. The molecule has 104 valence electrons. The highest BCUT2D eigenvalue weighted by molar-refractivity contribution is 5.35. The van der Waals surface area contributed by atoms with Gasteiger partial charge in [-0.3, -0.25) is 4.79 Å². The number of aromatic amines is 1. The van der Waals surface area contributed by atoms with Gasteiger partial charge in [-0.2, -0.15) is 0 Å². The van der Waals surface area contributed by atoms with Crippen LogP contribution in [0.2, 0.25) is 0 Å². The third kappa shape index (κ3) is 3.15. The topological polar surface area (TPSA) is 61.0 Å². The van der Waals surface area contributed by atoms with Gasteiger partial charge >= 0.3 is 0 Å². The molecule has 1 unspecified atom stereocenters. The van der Waals surface area contributed by atoms with E-state index in [9.17, 15) is 4.79 Å². The number of nitrogens with zero attached hydrogens (tertiary/aromatic N) is 2. The quantitative estimate of drug-likeness (QED) is 0.864. The van der Waals surface area contributed by atoms with Crippen LogP contribution < -0.4 is 10.9 Å². The second-order valence-electron chi connectivity index (χ2n) is 5.67. The van der Waals surface area contributed by atoms with E-state index in [1.54, 1.807) is 6.07 Å². The lowest BCUT2D eigenvalue weighted by molar-refractivity contribution is 0.226. The number of H-pyrrole nitrogens is 1. The van der Waals surface area contributed by atoms with Crippen LogP contribution in [-0.4, -0.2) is 40.5 Å². The first-order valence-electron chi connectivity index (χ1n) is 7.34. The van der Waals surface area contributed by atoms with Crippen molar-refractivity contribution in [3.63, 3.8) is 0 Å². The van der Waals surface area contributed by atoms with Gasteiger partial charge in [-0.25, -0.2) is 4.98 Å². The van der Waals surface area contributed by atoms with E-state index in [4.69, 9.17) is 0 Å². The molecule has 0 spiro atoms. The summed E-state index contributed by atoms with van der Waals surface area (Å²) in [6.45, 7) is 5.52. The van der Waals surface area contributed by atoms with Crippen LogP contribution in [0.3, 0.4) is 0 Å². The third-order valence-corrected chi connectivity index (χ3v) is 4.03. The molecular weight excluding hydrogens is 240 g/mol. The molecule has 2 aliphatic rings. The molecule has 19 heavy (non-hydrogen) atoms. The molecule has 2 N–H and O–H groups in total. The largest absolute Gasteiger partial charge is 0.366 e. The van der Waals surface area contributed by atoms with Crippen LogP contribution >= 0.6 is 0 Å². The minimum Gasteiger partial charge on any atom is -0.366 e. The first-order valence-corrected chi connectivity index (χ1v) is 7.34. The van der Waals surface area contributed by atoms with Crippen LogP contribution in [0.15, 0.2) is 10.9 Å². The number of piperidine rings is 1. The summed E-state index contributed by atoms with van der Waals surface area (Å²) in [7, 11) is 0. The van der Waals surface area contributed by atoms with Crippen molar-refractivity contribution in [3.05, 3.63) is 22.2 Å². The van der Waals surface area contributed by atoms with E-state index in [0.717, 1.165) is 44.0 Å². The monoisotopic (exact) mass is 262 g/mol. The fourth-order valence-corrected chi connectivity index (χ4v) is 2.77. The Morgan fingerprint density at radius 1 is 1.47 bits per heavy atom. The van der Waals surface area contributed by atoms with Gasteiger partial charge in [-0.15, -0.1) is 0 Å². The smallest absolute Gasteiger partial charge is 0.252 e. The maximum absolute atomic E-state index is 11.7. The van der Waals surface area contributed by atoms with Gasteiger partial charge in [0.05, 0.1) is 0 Å². The number of likely N-dealkylation sites (tertiary alicyclic amines) is 1. The van der Waals surface area contributed by atoms with E-state index in [0.29, 0.717) is 12.0 Å². The molecule has 5 nitrogen and oxygen atoms in total. The average molecular weight is 262 g/mol. The highest BCUT2D eigenvalue weighted by Gasteiger charge is 2.27. The van der Waals surface area contributed by atoms with Gasteiger partial charge < -0.3 is 15.2 Å². The Morgan fingerprint density at radius 2 is 2.32 bits per heavy atom. The number of anilines is 1. The van der Waals surface area contributed by atoms with Crippen molar-refractivity contribution in [1.82, 2.24) is 14.9 Å². The van der Waals surface area contributed by atoms with Crippen LogP contribution in [0.25, 0.3) is 0 Å². The Kier molecular flexibility index (Phi) is 3.55. The van der Waals surface area contributed by atoms with Gasteiger partial charge in [0.15, 0.2) is 0 Å². The van der Waals surface area contributed by atoms with E-state index >= 15 is 0 Å². The van der Waals surface area contributed by atoms with Gasteiger partial charge in [-0.05, 0) is 38.8 Å². The van der Waals surface area contributed by atoms with E-state index in [-0.39, 0.29) is 5.56 Å². The van der Waals surface area contributed by atoms with Gasteiger partial charge in [0.1, 0.15) is 11.6 Å². The summed E-state index contributed by atoms with van der Waals surface area (Å²) in [5, 5.41) is 3.44. The SMILES string of the molecule is CCN1CCCC(Nc2cc(=O)[nH]c(C3CC3)n2)C1. The molecule has 1 saturated heterocycles. The zero-order valence-electron chi connectivity index (χ0n) is 11.5. The molecule has 1 aliphatic heterocycles. The van der Waals surface area contributed by atoms with E-state index in [1.807, 2.05) is 0 Å². The standard InChI is InChI=1S/C14H22N4O/c1-2-18-7-3-4-11(9-18)15-12-8-13(19)17-14(16-12)10-5-6-10/h8,10-11H,2-7,9H2,1H3,(H2,15,16,17,19). The number of likely N-dealkylation sites (N-methyl/N-ethyl adjacent to an activating group) is 1. The van der Waals surface area contributed by atoms with Crippen LogP contribution in [0, 0.1) is 0 Å². The Labute approximate surface area is 113 Å². The van der Waals surface area contributed by atoms with Crippen molar-refractivity contribution in [2.45, 2.75) is 44.6 Å². The van der Waals surface area contributed by atoms with Crippen molar-refractivity contribution >= 4 is 5.82 Å². The Balaban J connectivity index is 1.70. The normalized spacial score (nSPS) is 24.4. The third-order valence-electron chi connectivity index (χ3n) is 4.03. The lowest BCUT2D eigenvalue weighted by Gasteiger charge is -2.32. The molecule has 1 aromatic rings. The minimum absolute atomic E-state index is 0.0393. The minimum atomic E-state index is -0.0393. The summed E-state index contributed by atoms with van der Waals surface area (Å²) in [5.41, 5.74) is -0.0393. The molecule has 2 fully saturated rings. The Hall–Kier alpha value is -1.36. The summed E-state index contributed by atoms with van der Waals surface area (Å²) < 4.78 is 0. The first-order chi connectivity index (χ1) is 9.24. The fraction of sp³-hybridized carbons (Fsp3) is 0.714. The van der Waals surface area contributed by atoms with Gasteiger partial charge in [0.25, 0.3) is 5.56 Å². The van der Waals surface area contributed by atoms with Crippen molar-refractivity contribution in [2.24, 2.45) is 0 Å². The predicted octanol–water partition coefficient (Wildman–Crippen LogP) is 1.54. The summed E-state index contributed by atoms with van der Waals surface area (Å²) in [5.74, 6) is 2.08. The molecule has 0 amide bonds. The Bertz CT molecular complexity index is 494. The van der Waals surface area contributed by atoms with Gasteiger partial charge in [0.2, 0.25) is 0 Å². The molecule has 1 saturated carbocycles. The van der Waals surface area contributed by atoms with Crippen molar-refractivity contribution < 1.29 is 0 Å². The lowest BCUT2D eigenvalue weighted by atomic mass is 10.1. The summed E-state index contributed by atoms with van der Waals surface area (Å²) in [6, 6.07) is 1.99. The molecule has 0 radical (unpaired) electrons. The first kappa shape index (κ1) is 12.7. The lowest BCUT2D eigenvalue weighted by Crippen LogP contribution is -2.42. The fourth-order valence-electron chi connectivity index (χ4n) is 2.77. The number of aromatic nitrogens is 2. The highest BCUT2D eigenvalue weighted by Crippen LogP contribution is 2.37. The molecule has 2 heterocycles. The highest BCUT2D eigenvalue weighted by atomic mass is 16.1. The van der Waals surface area contributed by atoms with Crippen LogP contribution in [0.5, 0.6) is 0 Å². The van der Waals surface area contributed by atoms with Crippen molar-refractivity contribution in [3.8, 4) is 0 Å². The molecule has 1 aromatic heterocycles. The van der Waals surface area contributed by atoms with E-state index < -0.39 is 0 Å². The van der Waals surface area contributed by atoms with Crippen molar-refractivity contribution in [1.29, 1.82) is 0 Å². The predicted molar refractivity (Wildman–Crippen MR) is 75.6 cm³/mol. The van der Waals surface area contributed by atoms with Crippen molar-refractivity contribution in [2.75, 3.05) is 25.0 Å². The van der Waals surface area contributed by atoms with Crippen LogP contribution in [-0.2, 0) is 0 Å². The Morgan fingerprint density at radius 3 is 3.05 bits per heavy atom. The number of nitrogens with one attached hydrogen (secondary N) is 2. The van der Waals surface area contributed by atoms with E-state index in [2.05, 4.69) is 27.1 Å². The maximum atomic E-state index is 11.7. The second kappa shape index (κ2) is 5.33. The molecule has 0 bridgehead atoms. The molecule has 0 aromatic carbocycles. The van der Waals surface area contributed by atoms with Crippen LogP contribution in [0.1, 0.15) is 44.3 Å². The number of hydrogen-bond acceptors (Lipinski definition) is 4. The van der Waals surface area contributed by atoms with Gasteiger partial charge in [-0.1, -0.05) is 6.92 Å². The molecular formula is C14H22N4O. The molecule has 1 atom stereocenters. The second-order valence-corrected chi connectivity index (χ2v) is 5.67. The zero-order valence-corrected chi connectivity index (χ0v) is 11.5. The zero-order chi connectivity index (χ0) is 13.2.